The quantitative estimate of drug-likeness (QED) is 0.266. The van der Waals surface area contributed by atoms with E-state index in [4.69, 9.17) is 13.6 Å². The van der Waals surface area contributed by atoms with Crippen LogP contribution in [0.2, 0.25) is 0 Å². The second kappa shape index (κ2) is 12.7. The van der Waals surface area contributed by atoms with Crippen molar-refractivity contribution in [2.24, 2.45) is 0 Å². The summed E-state index contributed by atoms with van der Waals surface area (Å²) >= 11 is 0. The van der Waals surface area contributed by atoms with Gasteiger partial charge in [0.2, 0.25) is 0 Å². The molecule has 0 saturated carbocycles. The van der Waals surface area contributed by atoms with Crippen molar-refractivity contribution in [2.75, 3.05) is 0 Å². The molecule has 0 bridgehead atoms. The highest BCUT2D eigenvalue weighted by atomic mass is 31.2. The topological polar surface area (TPSA) is 27.7 Å². The van der Waals surface area contributed by atoms with Gasteiger partial charge in [-0.15, -0.1) is 0 Å². The third-order valence-corrected chi connectivity index (χ3v) is 6.55. The minimum absolute atomic E-state index is 0.0751. The van der Waals surface area contributed by atoms with E-state index >= 15 is 0 Å². The van der Waals surface area contributed by atoms with Gasteiger partial charge >= 0.3 is 8.60 Å². The van der Waals surface area contributed by atoms with Crippen LogP contribution in [0.25, 0.3) is 0 Å². The maximum absolute atomic E-state index is 6.51. The molecule has 3 aromatic rings. The summed E-state index contributed by atoms with van der Waals surface area (Å²) in [6, 6.07) is 31.0. The van der Waals surface area contributed by atoms with Crippen LogP contribution in [0.1, 0.15) is 75.0 Å². The fourth-order valence-electron chi connectivity index (χ4n) is 3.50. The number of hydrogen-bond donors (Lipinski definition) is 0. The van der Waals surface area contributed by atoms with Crippen molar-refractivity contribution in [1.29, 1.82) is 0 Å². The molecule has 0 amide bonds. The lowest BCUT2D eigenvalue weighted by Crippen LogP contribution is -2.09. The molecular formula is C27H33O3P. The first kappa shape index (κ1) is 23.6. The minimum Gasteiger partial charge on any atom is -0.304 e. The monoisotopic (exact) mass is 436 g/mol. The summed E-state index contributed by atoms with van der Waals surface area (Å²) in [5.41, 5.74) is 3.43. The molecule has 164 valence electrons. The molecule has 0 spiro atoms. The Morgan fingerprint density at radius 2 is 0.742 bits per heavy atom. The zero-order valence-corrected chi connectivity index (χ0v) is 19.6. The van der Waals surface area contributed by atoms with E-state index in [1.54, 1.807) is 0 Å². The van der Waals surface area contributed by atoms with Crippen LogP contribution in [0.3, 0.4) is 0 Å². The van der Waals surface area contributed by atoms with E-state index in [9.17, 15) is 0 Å². The molecule has 0 saturated heterocycles. The van der Waals surface area contributed by atoms with Gasteiger partial charge in [0, 0.05) is 0 Å². The Morgan fingerprint density at radius 1 is 0.484 bits per heavy atom. The van der Waals surface area contributed by atoms with Gasteiger partial charge in [0.1, 0.15) is 0 Å². The average molecular weight is 437 g/mol. The second-order valence-electron chi connectivity index (χ2n) is 7.46. The third-order valence-electron chi connectivity index (χ3n) is 5.27. The molecule has 0 heterocycles. The van der Waals surface area contributed by atoms with Crippen LogP contribution in [0, 0.1) is 0 Å². The summed E-state index contributed by atoms with van der Waals surface area (Å²) in [6.07, 6.45) is 2.32. The predicted molar refractivity (Wildman–Crippen MR) is 129 cm³/mol. The minimum atomic E-state index is -1.57. The Kier molecular flexibility index (Phi) is 9.71. The lowest BCUT2D eigenvalue weighted by Gasteiger charge is -2.29. The van der Waals surface area contributed by atoms with Gasteiger partial charge in [0.25, 0.3) is 0 Å². The highest BCUT2D eigenvalue weighted by molar-refractivity contribution is 7.41. The first-order chi connectivity index (χ1) is 15.2. The van der Waals surface area contributed by atoms with Crippen molar-refractivity contribution in [3.05, 3.63) is 108 Å². The lowest BCUT2D eigenvalue weighted by atomic mass is 10.1. The molecule has 0 aliphatic rings. The highest BCUT2D eigenvalue weighted by Crippen LogP contribution is 2.53. The van der Waals surface area contributed by atoms with Crippen LogP contribution in [-0.4, -0.2) is 0 Å². The predicted octanol–water partition coefficient (Wildman–Crippen LogP) is 8.72. The standard InChI is InChI=1S/C27H33O3P/c1-4-25(22-16-10-7-11-17-22)28-31(29-26(5-2)23-18-12-8-13-19-23)30-27(6-3)24-20-14-9-15-21-24/h7-21,25-27H,4-6H2,1-3H3. The van der Waals surface area contributed by atoms with Gasteiger partial charge in [-0.05, 0) is 36.0 Å². The van der Waals surface area contributed by atoms with Crippen molar-refractivity contribution in [1.82, 2.24) is 0 Å². The van der Waals surface area contributed by atoms with Crippen LogP contribution >= 0.6 is 8.60 Å². The van der Waals surface area contributed by atoms with Crippen LogP contribution in [0.4, 0.5) is 0 Å². The van der Waals surface area contributed by atoms with Crippen LogP contribution in [0.15, 0.2) is 91.0 Å². The molecule has 0 radical (unpaired) electrons. The Hall–Kier alpha value is -2.03. The normalized spacial score (nSPS) is 15.2. The van der Waals surface area contributed by atoms with Crippen LogP contribution in [-0.2, 0) is 13.6 Å². The molecule has 3 nitrogen and oxygen atoms in total. The number of benzene rings is 3. The number of hydrogen-bond acceptors (Lipinski definition) is 3. The Labute approximate surface area is 188 Å². The maximum atomic E-state index is 6.51. The van der Waals surface area contributed by atoms with E-state index in [-0.39, 0.29) is 18.3 Å². The molecule has 0 fully saturated rings. The molecule has 3 rings (SSSR count). The largest absolute Gasteiger partial charge is 0.334 e. The van der Waals surface area contributed by atoms with Gasteiger partial charge in [0.15, 0.2) is 0 Å². The average Bonchev–Trinajstić information content (AvgIpc) is 2.85. The Balaban J connectivity index is 1.83. The SMILES string of the molecule is CCC(OP(OC(CC)c1ccccc1)OC(CC)c1ccccc1)c1ccccc1. The van der Waals surface area contributed by atoms with Crippen molar-refractivity contribution >= 4 is 8.60 Å². The molecule has 0 aromatic heterocycles. The molecule has 3 unspecified atom stereocenters. The molecule has 3 aromatic carbocycles. The van der Waals surface area contributed by atoms with Gasteiger partial charge in [0.05, 0.1) is 18.3 Å². The van der Waals surface area contributed by atoms with E-state index < -0.39 is 8.60 Å². The second-order valence-corrected chi connectivity index (χ2v) is 8.54. The van der Waals surface area contributed by atoms with Crippen molar-refractivity contribution < 1.29 is 13.6 Å². The Morgan fingerprint density at radius 3 is 0.968 bits per heavy atom. The molecule has 0 N–H and O–H groups in total. The molecule has 3 atom stereocenters. The molecule has 0 aliphatic carbocycles. The Bertz CT molecular complexity index is 740. The van der Waals surface area contributed by atoms with E-state index in [0.717, 1.165) is 36.0 Å². The van der Waals surface area contributed by atoms with E-state index in [0.29, 0.717) is 0 Å². The summed E-state index contributed by atoms with van der Waals surface area (Å²) in [5, 5.41) is 0. The molecule has 31 heavy (non-hydrogen) atoms. The van der Waals surface area contributed by atoms with Crippen LogP contribution in [0.5, 0.6) is 0 Å². The third kappa shape index (κ3) is 6.98. The van der Waals surface area contributed by atoms with Gasteiger partial charge in [-0.3, -0.25) is 0 Å². The summed E-state index contributed by atoms with van der Waals surface area (Å²) in [7, 11) is -1.57. The summed E-state index contributed by atoms with van der Waals surface area (Å²) < 4.78 is 19.5. The van der Waals surface area contributed by atoms with Crippen molar-refractivity contribution in [3.8, 4) is 0 Å². The number of rotatable bonds is 12. The van der Waals surface area contributed by atoms with Gasteiger partial charge < -0.3 is 13.6 Å². The first-order valence-electron chi connectivity index (χ1n) is 11.2. The van der Waals surface area contributed by atoms with Crippen molar-refractivity contribution in [3.63, 3.8) is 0 Å². The zero-order chi connectivity index (χ0) is 21.9. The molecule has 0 aliphatic heterocycles. The van der Waals surface area contributed by atoms with Crippen LogP contribution < -0.4 is 0 Å². The smallest absolute Gasteiger partial charge is 0.304 e. The van der Waals surface area contributed by atoms with Gasteiger partial charge in [-0.1, -0.05) is 112 Å². The maximum Gasteiger partial charge on any atom is 0.334 e. The summed E-state index contributed by atoms with van der Waals surface area (Å²) in [4.78, 5) is 0. The highest BCUT2D eigenvalue weighted by Gasteiger charge is 2.27. The van der Waals surface area contributed by atoms with Gasteiger partial charge in [-0.2, -0.15) is 0 Å². The van der Waals surface area contributed by atoms with E-state index in [2.05, 4.69) is 57.2 Å². The summed E-state index contributed by atoms with van der Waals surface area (Å²) in [5.74, 6) is 0. The van der Waals surface area contributed by atoms with E-state index in [1.165, 1.54) is 0 Å². The van der Waals surface area contributed by atoms with Gasteiger partial charge in [-0.25, -0.2) is 0 Å². The fraction of sp³-hybridized carbons (Fsp3) is 0.333. The summed E-state index contributed by atoms with van der Waals surface area (Å²) in [6.45, 7) is 6.40. The fourth-order valence-corrected chi connectivity index (χ4v) is 5.09. The molecule has 4 heteroatoms. The molecular weight excluding hydrogens is 403 g/mol. The van der Waals surface area contributed by atoms with E-state index in [1.807, 2.05) is 54.6 Å². The first-order valence-corrected chi connectivity index (χ1v) is 12.3. The lowest BCUT2D eigenvalue weighted by molar-refractivity contribution is 0.0606. The zero-order valence-electron chi connectivity index (χ0n) is 18.7. The van der Waals surface area contributed by atoms with Crippen molar-refractivity contribution in [2.45, 2.75) is 58.3 Å².